The molecule has 116 valence electrons. The number of aromatic nitrogens is 1. The Morgan fingerprint density at radius 2 is 1.62 bits per heavy atom. The van der Waals surface area contributed by atoms with Crippen LogP contribution in [0.3, 0.4) is 0 Å². The number of nitrogens with zero attached hydrogens (tertiary/aromatic N) is 1. The Kier molecular flexibility index (Phi) is 3.07. The highest BCUT2D eigenvalue weighted by atomic mass is 32.1. The Balaban J connectivity index is 1.75. The third kappa shape index (κ3) is 2.19. The van der Waals surface area contributed by atoms with E-state index in [1.54, 1.807) is 0 Å². The van der Waals surface area contributed by atoms with E-state index >= 15 is 0 Å². The third-order valence-corrected chi connectivity index (χ3v) is 7.41. The van der Waals surface area contributed by atoms with Crippen LogP contribution < -0.4 is 5.73 Å². The van der Waals surface area contributed by atoms with Gasteiger partial charge in [-0.3, -0.25) is 0 Å². The molecule has 4 saturated carbocycles. The summed E-state index contributed by atoms with van der Waals surface area (Å²) in [7, 11) is 0. The van der Waals surface area contributed by atoms with E-state index in [4.69, 9.17) is 10.7 Å². The monoisotopic (exact) mass is 304 g/mol. The van der Waals surface area contributed by atoms with Crippen molar-refractivity contribution in [3.63, 3.8) is 0 Å². The van der Waals surface area contributed by atoms with Crippen molar-refractivity contribution >= 4 is 11.3 Å². The molecule has 1 aromatic heterocycles. The summed E-state index contributed by atoms with van der Waals surface area (Å²) in [5.41, 5.74) is 7.83. The fourth-order valence-corrected chi connectivity index (χ4v) is 7.04. The highest BCUT2D eigenvalue weighted by Crippen LogP contribution is 2.61. The Labute approximate surface area is 132 Å². The van der Waals surface area contributed by atoms with Gasteiger partial charge in [0, 0.05) is 22.3 Å². The van der Waals surface area contributed by atoms with E-state index in [0.717, 1.165) is 17.8 Å². The minimum Gasteiger partial charge on any atom is -0.326 e. The fourth-order valence-electron chi connectivity index (χ4n) is 5.68. The van der Waals surface area contributed by atoms with Crippen molar-refractivity contribution in [1.29, 1.82) is 0 Å². The number of rotatable bonds is 2. The fraction of sp³-hybridized carbons (Fsp3) is 0.833. The maximum absolute atomic E-state index is 6.02. The van der Waals surface area contributed by atoms with Crippen LogP contribution in [0.15, 0.2) is 0 Å². The smallest absolute Gasteiger partial charge is 0.0993 e. The van der Waals surface area contributed by atoms with Crippen LogP contribution in [0.1, 0.15) is 74.9 Å². The quantitative estimate of drug-likeness (QED) is 0.881. The highest BCUT2D eigenvalue weighted by molar-refractivity contribution is 7.11. The van der Waals surface area contributed by atoms with Gasteiger partial charge < -0.3 is 5.73 Å². The Bertz CT molecular complexity index is 517. The summed E-state index contributed by atoms with van der Waals surface area (Å²) in [5.74, 6) is 2.96. The second kappa shape index (κ2) is 4.55. The van der Waals surface area contributed by atoms with Gasteiger partial charge in [0.1, 0.15) is 0 Å². The largest absolute Gasteiger partial charge is 0.326 e. The van der Waals surface area contributed by atoms with E-state index in [-0.39, 0.29) is 5.41 Å². The summed E-state index contributed by atoms with van der Waals surface area (Å²) in [6, 6.07) is 0. The van der Waals surface area contributed by atoms with E-state index in [9.17, 15) is 0 Å². The molecule has 21 heavy (non-hydrogen) atoms. The van der Waals surface area contributed by atoms with Gasteiger partial charge in [0.05, 0.1) is 10.7 Å². The lowest BCUT2D eigenvalue weighted by atomic mass is 9.50. The lowest BCUT2D eigenvalue weighted by molar-refractivity contribution is -0.00537. The highest BCUT2D eigenvalue weighted by Gasteiger charge is 2.53. The van der Waals surface area contributed by atoms with Gasteiger partial charge in [-0.1, -0.05) is 20.8 Å². The van der Waals surface area contributed by atoms with Crippen LogP contribution in [0.2, 0.25) is 0 Å². The van der Waals surface area contributed by atoms with Gasteiger partial charge in [-0.05, 0) is 56.3 Å². The van der Waals surface area contributed by atoms with Crippen LogP contribution in [0.5, 0.6) is 0 Å². The Morgan fingerprint density at radius 3 is 2.00 bits per heavy atom. The molecule has 1 aromatic rings. The number of thiazole rings is 1. The van der Waals surface area contributed by atoms with Gasteiger partial charge in [-0.15, -0.1) is 11.3 Å². The van der Waals surface area contributed by atoms with Crippen molar-refractivity contribution in [3.8, 4) is 0 Å². The third-order valence-electron chi connectivity index (χ3n) is 6.09. The van der Waals surface area contributed by atoms with Crippen LogP contribution in [0, 0.1) is 17.8 Å². The predicted molar refractivity (Wildman–Crippen MR) is 88.6 cm³/mol. The zero-order valence-electron chi connectivity index (χ0n) is 13.6. The van der Waals surface area contributed by atoms with Gasteiger partial charge in [0.15, 0.2) is 0 Å². The molecule has 3 heteroatoms. The van der Waals surface area contributed by atoms with Crippen LogP contribution in [-0.2, 0) is 17.4 Å². The van der Waals surface area contributed by atoms with E-state index in [1.807, 2.05) is 11.3 Å². The van der Waals surface area contributed by atoms with E-state index in [0.29, 0.717) is 12.0 Å². The molecule has 0 spiro atoms. The minimum absolute atomic E-state index is 0.117. The van der Waals surface area contributed by atoms with Crippen LogP contribution in [0.4, 0.5) is 0 Å². The Morgan fingerprint density at radius 1 is 1.10 bits per heavy atom. The van der Waals surface area contributed by atoms with Gasteiger partial charge in [0.2, 0.25) is 0 Å². The van der Waals surface area contributed by atoms with Crippen molar-refractivity contribution in [3.05, 3.63) is 15.6 Å². The topological polar surface area (TPSA) is 38.9 Å². The summed E-state index contributed by atoms with van der Waals surface area (Å²) in [4.78, 5) is 6.51. The van der Waals surface area contributed by atoms with Crippen LogP contribution in [0.25, 0.3) is 0 Å². The van der Waals surface area contributed by atoms with E-state index in [1.165, 1.54) is 54.1 Å². The van der Waals surface area contributed by atoms with Crippen molar-refractivity contribution in [2.75, 3.05) is 0 Å². The molecule has 0 radical (unpaired) electrons. The lowest BCUT2D eigenvalue weighted by Gasteiger charge is -2.56. The zero-order chi connectivity index (χ0) is 14.8. The van der Waals surface area contributed by atoms with Crippen molar-refractivity contribution < 1.29 is 0 Å². The SMILES string of the molecule is CC(C)(C)c1nc(C23CC4CC(CC(C4)C2)C3)sc1CN. The molecule has 2 N–H and O–H groups in total. The first-order valence-corrected chi connectivity index (χ1v) is 9.42. The molecule has 0 unspecified atom stereocenters. The van der Waals surface area contributed by atoms with E-state index < -0.39 is 0 Å². The van der Waals surface area contributed by atoms with Crippen molar-refractivity contribution in [2.24, 2.45) is 23.5 Å². The molecule has 0 aliphatic heterocycles. The summed E-state index contributed by atoms with van der Waals surface area (Å²) >= 11 is 1.94. The molecular weight excluding hydrogens is 276 g/mol. The lowest BCUT2D eigenvalue weighted by Crippen LogP contribution is -2.48. The molecule has 0 aromatic carbocycles. The molecule has 4 bridgehead atoms. The van der Waals surface area contributed by atoms with Crippen LogP contribution >= 0.6 is 11.3 Å². The van der Waals surface area contributed by atoms with Gasteiger partial charge in [-0.2, -0.15) is 0 Å². The molecule has 1 heterocycles. The van der Waals surface area contributed by atoms with E-state index in [2.05, 4.69) is 20.8 Å². The summed E-state index contributed by atoms with van der Waals surface area (Å²) < 4.78 is 0. The number of hydrogen-bond donors (Lipinski definition) is 1. The van der Waals surface area contributed by atoms with Gasteiger partial charge in [-0.25, -0.2) is 4.98 Å². The average molecular weight is 305 g/mol. The standard InChI is InChI=1S/C18H28N2S/c1-17(2,3)15-14(10-19)21-16(20-15)18-7-11-4-12(8-18)6-13(5-11)9-18/h11-13H,4-10,19H2,1-3H3. The normalized spacial score (nSPS) is 38.2. The first-order valence-electron chi connectivity index (χ1n) is 8.60. The molecule has 0 amide bonds. The van der Waals surface area contributed by atoms with Crippen molar-refractivity contribution in [2.45, 2.75) is 76.7 Å². The van der Waals surface area contributed by atoms with Gasteiger partial charge >= 0.3 is 0 Å². The number of hydrogen-bond acceptors (Lipinski definition) is 3. The first-order chi connectivity index (χ1) is 9.89. The minimum atomic E-state index is 0.117. The second-order valence-electron chi connectivity index (χ2n) is 8.94. The molecule has 5 rings (SSSR count). The maximum atomic E-state index is 6.02. The Hall–Kier alpha value is -0.410. The van der Waals surface area contributed by atoms with Crippen molar-refractivity contribution in [1.82, 2.24) is 4.98 Å². The summed E-state index contributed by atoms with van der Waals surface area (Å²) in [5, 5.41) is 1.44. The summed E-state index contributed by atoms with van der Waals surface area (Å²) in [6.07, 6.45) is 8.71. The molecule has 4 aliphatic carbocycles. The molecule has 0 saturated heterocycles. The summed E-state index contributed by atoms with van der Waals surface area (Å²) in [6.45, 7) is 7.46. The van der Waals surface area contributed by atoms with Gasteiger partial charge in [0.25, 0.3) is 0 Å². The number of nitrogens with two attached hydrogens (primary N) is 1. The average Bonchev–Trinajstić information content (AvgIpc) is 2.81. The molecule has 4 aliphatic rings. The molecular formula is C18H28N2S. The predicted octanol–water partition coefficient (Wildman–Crippen LogP) is 4.37. The maximum Gasteiger partial charge on any atom is 0.0993 e. The zero-order valence-corrected chi connectivity index (χ0v) is 14.4. The van der Waals surface area contributed by atoms with Crippen LogP contribution in [-0.4, -0.2) is 4.98 Å². The second-order valence-corrected chi connectivity index (χ2v) is 10.0. The molecule has 0 atom stereocenters. The molecule has 2 nitrogen and oxygen atoms in total. The molecule has 4 fully saturated rings. The first kappa shape index (κ1) is 14.2.